The van der Waals surface area contributed by atoms with Crippen LogP contribution in [0.5, 0.6) is 0 Å². The Kier molecular flexibility index (Phi) is 9.67. The summed E-state index contributed by atoms with van der Waals surface area (Å²) in [5.41, 5.74) is 5.99. The molecule has 0 aliphatic carbocycles. The maximum atomic E-state index is 13.4. The fourth-order valence-corrected chi connectivity index (χ4v) is 3.52. The zero-order valence-corrected chi connectivity index (χ0v) is 19.2. The predicted molar refractivity (Wildman–Crippen MR) is 130 cm³/mol. The Balaban J connectivity index is 0.000000945. The molecule has 0 bridgehead atoms. The molecule has 0 heterocycles. The van der Waals surface area contributed by atoms with Gasteiger partial charge in [0.05, 0.1) is 12.1 Å². The van der Waals surface area contributed by atoms with Gasteiger partial charge in [-0.2, -0.15) is 0 Å². The van der Waals surface area contributed by atoms with E-state index in [1.807, 2.05) is 36.4 Å². The minimum Gasteiger partial charge on any atom is -0.481 e. The average molecular weight is 463 g/mol. The molecule has 7 nitrogen and oxygen atoms in total. The van der Waals surface area contributed by atoms with E-state index in [1.54, 1.807) is 61.5 Å². The first-order valence-corrected chi connectivity index (χ1v) is 10.8. The topological polar surface area (TPSA) is 130 Å². The lowest BCUT2D eigenvalue weighted by atomic mass is 9.79. The second-order valence-corrected chi connectivity index (χ2v) is 7.87. The van der Waals surface area contributed by atoms with Crippen molar-refractivity contribution in [1.29, 1.82) is 0 Å². The Morgan fingerprint density at radius 2 is 1.32 bits per heavy atom. The molecule has 3 unspecified atom stereocenters. The highest BCUT2D eigenvalue weighted by molar-refractivity contribution is 5.97. The standard InChI is InChI=1S/C25H26N2O3.C2H4O2/c1-18(27-24(29)20-13-7-3-8-14-20)25(30,21-15-9-4-10-16-21)23(28)22(26)17-19-11-5-2-6-12-19;1-2(3)4/h2-16,18,22,30H,17,26H2,1H3,(H,27,29);1H3,(H,3,4). The van der Waals surface area contributed by atoms with Crippen LogP contribution in [0.2, 0.25) is 0 Å². The molecule has 0 saturated carbocycles. The van der Waals surface area contributed by atoms with Gasteiger partial charge in [0.1, 0.15) is 0 Å². The number of aliphatic carboxylic acids is 1. The van der Waals surface area contributed by atoms with E-state index >= 15 is 0 Å². The number of rotatable bonds is 8. The van der Waals surface area contributed by atoms with E-state index in [2.05, 4.69) is 5.32 Å². The number of carboxylic acids is 1. The Labute approximate surface area is 199 Å². The highest BCUT2D eigenvalue weighted by Gasteiger charge is 2.46. The van der Waals surface area contributed by atoms with Crippen LogP contribution in [0.15, 0.2) is 91.0 Å². The number of hydrogen-bond acceptors (Lipinski definition) is 5. The number of nitrogens with two attached hydrogens (primary N) is 1. The highest BCUT2D eigenvalue weighted by atomic mass is 16.4. The van der Waals surface area contributed by atoms with Crippen LogP contribution in [-0.4, -0.2) is 40.0 Å². The quantitative estimate of drug-likeness (QED) is 0.407. The predicted octanol–water partition coefficient (Wildman–Crippen LogP) is 2.92. The molecule has 7 heteroatoms. The number of nitrogens with one attached hydrogen (secondary N) is 1. The van der Waals surface area contributed by atoms with Gasteiger partial charge in [0.15, 0.2) is 11.4 Å². The molecule has 3 aromatic rings. The summed E-state index contributed by atoms with van der Waals surface area (Å²) in [5, 5.41) is 21.8. The van der Waals surface area contributed by atoms with Crippen molar-refractivity contribution < 1.29 is 24.6 Å². The monoisotopic (exact) mass is 462 g/mol. The third-order valence-electron chi connectivity index (χ3n) is 5.23. The number of hydrogen-bond donors (Lipinski definition) is 4. The molecule has 0 spiro atoms. The summed E-state index contributed by atoms with van der Waals surface area (Å²) in [4.78, 5) is 35.1. The van der Waals surface area contributed by atoms with Gasteiger partial charge in [-0.05, 0) is 36.6 Å². The lowest BCUT2D eigenvalue weighted by Crippen LogP contribution is -2.58. The minimum atomic E-state index is -1.97. The Morgan fingerprint density at radius 1 is 0.882 bits per heavy atom. The summed E-state index contributed by atoms with van der Waals surface area (Å²) >= 11 is 0. The van der Waals surface area contributed by atoms with Crippen LogP contribution in [0.25, 0.3) is 0 Å². The van der Waals surface area contributed by atoms with Gasteiger partial charge in [0.2, 0.25) is 0 Å². The molecule has 178 valence electrons. The normalized spacial score (nSPS) is 13.9. The van der Waals surface area contributed by atoms with Crippen molar-refractivity contribution in [1.82, 2.24) is 5.32 Å². The number of carbonyl (C=O) groups is 3. The van der Waals surface area contributed by atoms with E-state index in [0.717, 1.165) is 12.5 Å². The van der Waals surface area contributed by atoms with Crippen molar-refractivity contribution in [3.8, 4) is 0 Å². The number of benzene rings is 3. The second kappa shape index (κ2) is 12.4. The third kappa shape index (κ3) is 7.10. The van der Waals surface area contributed by atoms with E-state index < -0.39 is 29.4 Å². The smallest absolute Gasteiger partial charge is 0.300 e. The second-order valence-electron chi connectivity index (χ2n) is 7.87. The Morgan fingerprint density at radius 3 is 1.82 bits per heavy atom. The van der Waals surface area contributed by atoms with E-state index in [-0.39, 0.29) is 12.3 Å². The molecular formula is C27H30N2O5. The van der Waals surface area contributed by atoms with Crippen molar-refractivity contribution >= 4 is 17.7 Å². The molecule has 0 radical (unpaired) electrons. The Bertz CT molecular complexity index is 1070. The van der Waals surface area contributed by atoms with Gasteiger partial charge in [-0.1, -0.05) is 78.9 Å². The van der Waals surface area contributed by atoms with Crippen molar-refractivity contribution in [3.63, 3.8) is 0 Å². The first-order valence-electron chi connectivity index (χ1n) is 10.8. The number of carbonyl (C=O) groups excluding carboxylic acids is 2. The van der Waals surface area contributed by atoms with Gasteiger partial charge < -0.3 is 21.3 Å². The fourth-order valence-electron chi connectivity index (χ4n) is 3.52. The first kappa shape index (κ1) is 26.4. The minimum absolute atomic E-state index is 0.286. The fraction of sp³-hybridized carbons (Fsp3) is 0.222. The molecule has 3 rings (SSSR count). The number of aliphatic hydroxyl groups is 1. The van der Waals surface area contributed by atoms with Crippen LogP contribution >= 0.6 is 0 Å². The van der Waals surface area contributed by atoms with Crippen molar-refractivity contribution in [2.75, 3.05) is 0 Å². The number of Topliss-reactive ketones (excluding diaryl/α,β-unsaturated/α-hetero) is 1. The molecule has 5 N–H and O–H groups in total. The third-order valence-corrected chi connectivity index (χ3v) is 5.23. The molecule has 0 fully saturated rings. The number of ketones is 1. The largest absolute Gasteiger partial charge is 0.481 e. The molecule has 0 aliphatic heterocycles. The molecular weight excluding hydrogens is 432 g/mol. The lowest BCUT2D eigenvalue weighted by molar-refractivity contribution is -0.142. The van der Waals surface area contributed by atoms with Gasteiger partial charge in [0, 0.05) is 12.5 Å². The van der Waals surface area contributed by atoms with Crippen LogP contribution in [-0.2, 0) is 21.6 Å². The van der Waals surface area contributed by atoms with Crippen LogP contribution in [0, 0.1) is 0 Å². The van der Waals surface area contributed by atoms with Crippen LogP contribution in [0.3, 0.4) is 0 Å². The first-order chi connectivity index (χ1) is 16.2. The van der Waals surface area contributed by atoms with Crippen LogP contribution in [0.1, 0.15) is 35.3 Å². The van der Waals surface area contributed by atoms with Crippen LogP contribution < -0.4 is 11.1 Å². The van der Waals surface area contributed by atoms with Gasteiger partial charge in [-0.3, -0.25) is 14.4 Å². The molecule has 1 amide bonds. The molecule has 0 saturated heterocycles. The molecule has 3 aromatic carbocycles. The van der Waals surface area contributed by atoms with Gasteiger partial charge in [-0.25, -0.2) is 0 Å². The van der Waals surface area contributed by atoms with E-state index in [1.165, 1.54) is 0 Å². The zero-order chi connectivity index (χ0) is 25.1. The van der Waals surface area contributed by atoms with E-state index in [9.17, 15) is 14.7 Å². The van der Waals surface area contributed by atoms with Gasteiger partial charge >= 0.3 is 0 Å². The summed E-state index contributed by atoms with van der Waals surface area (Å²) in [6.45, 7) is 2.70. The van der Waals surface area contributed by atoms with Gasteiger partial charge in [0.25, 0.3) is 11.9 Å². The van der Waals surface area contributed by atoms with E-state index in [0.29, 0.717) is 11.1 Å². The average Bonchev–Trinajstić information content (AvgIpc) is 2.84. The summed E-state index contributed by atoms with van der Waals surface area (Å²) in [6.07, 6.45) is 0.286. The lowest BCUT2D eigenvalue weighted by Gasteiger charge is -2.35. The van der Waals surface area contributed by atoms with Crippen molar-refractivity contribution in [2.45, 2.75) is 38.0 Å². The Hall–Kier alpha value is -3.81. The van der Waals surface area contributed by atoms with Crippen molar-refractivity contribution in [2.24, 2.45) is 5.73 Å². The number of amides is 1. The maximum Gasteiger partial charge on any atom is 0.300 e. The SMILES string of the molecule is CC(=O)O.CC(NC(=O)c1ccccc1)C(O)(C(=O)C(N)Cc1ccccc1)c1ccccc1. The number of carboxylic acid groups (broad SMARTS) is 1. The maximum absolute atomic E-state index is 13.4. The van der Waals surface area contributed by atoms with E-state index in [4.69, 9.17) is 15.6 Å². The summed E-state index contributed by atoms with van der Waals surface area (Å²) in [7, 11) is 0. The summed E-state index contributed by atoms with van der Waals surface area (Å²) in [6, 6.07) is 24.8. The van der Waals surface area contributed by atoms with Crippen molar-refractivity contribution in [3.05, 3.63) is 108 Å². The highest BCUT2D eigenvalue weighted by Crippen LogP contribution is 2.28. The summed E-state index contributed by atoms with van der Waals surface area (Å²) in [5.74, 6) is -1.75. The molecule has 34 heavy (non-hydrogen) atoms. The molecule has 3 atom stereocenters. The molecule has 0 aliphatic rings. The summed E-state index contributed by atoms with van der Waals surface area (Å²) < 4.78 is 0. The zero-order valence-electron chi connectivity index (χ0n) is 19.2. The molecule has 0 aromatic heterocycles. The van der Waals surface area contributed by atoms with Crippen LogP contribution in [0.4, 0.5) is 0 Å². The van der Waals surface area contributed by atoms with Gasteiger partial charge in [-0.15, -0.1) is 0 Å².